The largest absolute Gasteiger partial charge is 0.328 e. The van der Waals surface area contributed by atoms with E-state index in [1.54, 1.807) is 0 Å². The molecule has 1 aromatic rings. The Bertz CT molecular complexity index is 293. The minimum Gasteiger partial charge on any atom is -0.328 e. The molecule has 0 spiro atoms. The number of hydrogen-bond donors (Lipinski definition) is 1. The highest BCUT2D eigenvalue weighted by Crippen LogP contribution is 2.18. The fraction of sp³-hybridized carbons (Fsp3) is 0.538. The van der Waals surface area contributed by atoms with Crippen LogP contribution in [-0.2, 0) is 6.42 Å². The summed E-state index contributed by atoms with van der Waals surface area (Å²) in [6.45, 7) is 3.16. The number of nitrogens with two attached hydrogens (primary N) is 1. The Balaban J connectivity index is 2.39. The van der Waals surface area contributed by atoms with Crippen molar-refractivity contribution in [2.45, 2.75) is 24.3 Å². The van der Waals surface area contributed by atoms with E-state index in [9.17, 15) is 0 Å². The number of nitrogens with zero attached hydrogens (tertiary/aromatic N) is 1. The van der Waals surface area contributed by atoms with E-state index in [4.69, 9.17) is 5.73 Å². The van der Waals surface area contributed by atoms with Crippen LogP contribution >= 0.6 is 11.8 Å². The van der Waals surface area contributed by atoms with E-state index in [2.05, 4.69) is 43.3 Å². The Hall–Kier alpha value is -0.510. The van der Waals surface area contributed by atoms with Crippen molar-refractivity contribution in [2.75, 3.05) is 26.4 Å². The van der Waals surface area contributed by atoms with Crippen molar-refractivity contribution >= 4 is 11.8 Å². The lowest BCUT2D eigenvalue weighted by Crippen LogP contribution is -2.17. The molecule has 0 aromatic heterocycles. The molecule has 0 bridgehead atoms. The van der Waals surface area contributed by atoms with Gasteiger partial charge in [-0.15, -0.1) is 11.8 Å². The third kappa shape index (κ3) is 5.54. The Labute approximate surface area is 103 Å². The van der Waals surface area contributed by atoms with Gasteiger partial charge in [-0.2, -0.15) is 0 Å². The van der Waals surface area contributed by atoms with Crippen LogP contribution < -0.4 is 5.73 Å². The first-order chi connectivity index (χ1) is 7.58. The maximum Gasteiger partial charge on any atom is 0.0108 e. The van der Waals surface area contributed by atoms with Gasteiger partial charge < -0.3 is 10.6 Å². The van der Waals surface area contributed by atoms with Crippen LogP contribution in [-0.4, -0.2) is 37.3 Å². The van der Waals surface area contributed by atoms with Gasteiger partial charge in [0, 0.05) is 23.2 Å². The molecule has 1 rings (SSSR count). The first-order valence-corrected chi connectivity index (χ1v) is 6.68. The van der Waals surface area contributed by atoms with E-state index < -0.39 is 0 Å². The van der Waals surface area contributed by atoms with Gasteiger partial charge in [0.25, 0.3) is 0 Å². The average molecular weight is 238 g/mol. The molecule has 0 fully saturated rings. The fourth-order valence-electron chi connectivity index (χ4n) is 1.44. The van der Waals surface area contributed by atoms with Gasteiger partial charge in [0.15, 0.2) is 0 Å². The summed E-state index contributed by atoms with van der Waals surface area (Å²) in [6.07, 6.45) is 0.961. The summed E-state index contributed by atoms with van der Waals surface area (Å²) in [5.74, 6) is 1.14. The monoisotopic (exact) mass is 238 g/mol. The molecule has 0 saturated heterocycles. The van der Waals surface area contributed by atoms with Crippen molar-refractivity contribution in [1.29, 1.82) is 0 Å². The van der Waals surface area contributed by atoms with Gasteiger partial charge in [-0.1, -0.05) is 12.1 Å². The lowest BCUT2D eigenvalue weighted by Gasteiger charge is -2.09. The predicted molar refractivity (Wildman–Crippen MR) is 73.1 cm³/mol. The zero-order chi connectivity index (χ0) is 12.0. The molecule has 1 unspecified atom stereocenters. The number of rotatable bonds is 6. The van der Waals surface area contributed by atoms with Crippen molar-refractivity contribution in [2.24, 2.45) is 5.73 Å². The molecule has 1 atom stereocenters. The van der Waals surface area contributed by atoms with Crippen molar-refractivity contribution in [3.8, 4) is 0 Å². The third-order valence-corrected chi connectivity index (χ3v) is 3.28. The Morgan fingerprint density at radius 2 is 1.88 bits per heavy atom. The van der Waals surface area contributed by atoms with Gasteiger partial charge in [0.05, 0.1) is 0 Å². The van der Waals surface area contributed by atoms with Crippen molar-refractivity contribution < 1.29 is 0 Å². The summed E-state index contributed by atoms with van der Waals surface area (Å²) in [7, 11) is 4.21. The molecule has 0 heterocycles. The van der Waals surface area contributed by atoms with Crippen LogP contribution in [0.4, 0.5) is 0 Å². The predicted octanol–water partition coefficient (Wildman–Crippen LogP) is 2.23. The second-order valence-corrected chi connectivity index (χ2v) is 5.65. The average Bonchev–Trinajstić information content (AvgIpc) is 2.19. The summed E-state index contributed by atoms with van der Waals surface area (Å²) in [6, 6.07) is 8.99. The van der Waals surface area contributed by atoms with Crippen LogP contribution in [0.3, 0.4) is 0 Å². The quantitative estimate of drug-likeness (QED) is 0.771. The van der Waals surface area contributed by atoms with Gasteiger partial charge in [-0.25, -0.2) is 0 Å². The summed E-state index contributed by atoms with van der Waals surface area (Å²) in [4.78, 5) is 3.55. The molecule has 0 saturated carbocycles. The maximum absolute atomic E-state index is 5.77. The van der Waals surface area contributed by atoms with E-state index in [0.29, 0.717) is 0 Å². The SMILES string of the molecule is CC(N)Cc1ccc(SCCN(C)C)cc1. The lowest BCUT2D eigenvalue weighted by atomic mass is 10.1. The van der Waals surface area contributed by atoms with Crippen molar-refractivity contribution in [1.82, 2.24) is 4.90 Å². The van der Waals surface area contributed by atoms with Gasteiger partial charge in [-0.05, 0) is 45.1 Å². The summed E-state index contributed by atoms with van der Waals surface area (Å²) in [5.41, 5.74) is 7.09. The van der Waals surface area contributed by atoms with Crippen LogP contribution in [0, 0.1) is 0 Å². The zero-order valence-corrected chi connectivity index (χ0v) is 11.3. The molecule has 2 N–H and O–H groups in total. The summed E-state index contributed by atoms with van der Waals surface area (Å²) in [5, 5.41) is 0. The van der Waals surface area contributed by atoms with E-state index in [-0.39, 0.29) is 6.04 Å². The van der Waals surface area contributed by atoms with Crippen LogP contribution in [0.2, 0.25) is 0 Å². The second kappa shape index (κ2) is 6.94. The van der Waals surface area contributed by atoms with E-state index >= 15 is 0 Å². The number of hydrogen-bond acceptors (Lipinski definition) is 3. The minimum atomic E-state index is 0.243. The van der Waals surface area contributed by atoms with E-state index in [1.165, 1.54) is 10.5 Å². The molecule has 0 aliphatic rings. The zero-order valence-electron chi connectivity index (χ0n) is 10.4. The highest BCUT2D eigenvalue weighted by atomic mass is 32.2. The van der Waals surface area contributed by atoms with Gasteiger partial charge in [0.1, 0.15) is 0 Å². The van der Waals surface area contributed by atoms with Crippen molar-refractivity contribution in [3.05, 3.63) is 29.8 Å². The molecule has 90 valence electrons. The number of benzene rings is 1. The standard InChI is InChI=1S/C13H22N2S/c1-11(14)10-12-4-6-13(7-5-12)16-9-8-15(2)3/h4-7,11H,8-10,14H2,1-3H3. The normalized spacial score (nSPS) is 13.1. The van der Waals surface area contributed by atoms with Gasteiger partial charge in [0.2, 0.25) is 0 Å². The first-order valence-electron chi connectivity index (χ1n) is 5.70. The summed E-state index contributed by atoms with van der Waals surface area (Å²) >= 11 is 1.90. The lowest BCUT2D eigenvalue weighted by molar-refractivity contribution is 0.437. The molecule has 0 aliphatic heterocycles. The van der Waals surface area contributed by atoms with E-state index in [1.807, 2.05) is 18.7 Å². The topological polar surface area (TPSA) is 29.3 Å². The molecular formula is C13H22N2S. The van der Waals surface area contributed by atoms with Crippen LogP contribution in [0.1, 0.15) is 12.5 Å². The van der Waals surface area contributed by atoms with Gasteiger partial charge >= 0.3 is 0 Å². The Morgan fingerprint density at radius 3 is 2.38 bits per heavy atom. The second-order valence-electron chi connectivity index (χ2n) is 4.48. The Morgan fingerprint density at radius 1 is 1.25 bits per heavy atom. The molecule has 0 amide bonds. The molecule has 0 radical (unpaired) electrons. The highest BCUT2D eigenvalue weighted by Gasteiger charge is 1.99. The summed E-state index contributed by atoms with van der Waals surface area (Å²) < 4.78 is 0. The fourth-order valence-corrected chi connectivity index (χ4v) is 2.46. The molecular weight excluding hydrogens is 216 g/mol. The molecule has 16 heavy (non-hydrogen) atoms. The van der Waals surface area contributed by atoms with Gasteiger partial charge in [-0.3, -0.25) is 0 Å². The van der Waals surface area contributed by atoms with Crippen LogP contribution in [0.15, 0.2) is 29.2 Å². The van der Waals surface area contributed by atoms with Crippen molar-refractivity contribution in [3.63, 3.8) is 0 Å². The van der Waals surface area contributed by atoms with E-state index in [0.717, 1.165) is 18.7 Å². The molecule has 2 nitrogen and oxygen atoms in total. The van der Waals surface area contributed by atoms with Crippen LogP contribution in [0.5, 0.6) is 0 Å². The number of thioether (sulfide) groups is 1. The highest BCUT2D eigenvalue weighted by molar-refractivity contribution is 7.99. The molecule has 3 heteroatoms. The maximum atomic E-state index is 5.77. The first kappa shape index (κ1) is 13.6. The van der Waals surface area contributed by atoms with Crippen LogP contribution in [0.25, 0.3) is 0 Å². The molecule has 0 aliphatic carbocycles. The third-order valence-electron chi connectivity index (χ3n) is 2.29. The minimum absolute atomic E-state index is 0.243. The Kier molecular flexibility index (Phi) is 5.88. The molecule has 1 aromatic carbocycles. The smallest absolute Gasteiger partial charge is 0.0108 e.